The fourth-order valence-electron chi connectivity index (χ4n) is 1.76. The van der Waals surface area contributed by atoms with E-state index in [2.05, 4.69) is 15.9 Å². The Balaban J connectivity index is 2.63. The van der Waals surface area contributed by atoms with E-state index in [1.807, 2.05) is 18.4 Å². The molecule has 0 bridgehead atoms. The number of halogens is 1. The van der Waals surface area contributed by atoms with Gasteiger partial charge in [0, 0.05) is 26.7 Å². The minimum Gasteiger partial charge on any atom is -0.481 e. The zero-order chi connectivity index (χ0) is 15.3. The number of thiophene rings is 1. The van der Waals surface area contributed by atoms with Gasteiger partial charge in [0.2, 0.25) is 0 Å². The summed E-state index contributed by atoms with van der Waals surface area (Å²) >= 11 is 4.96. The Bertz CT molecular complexity index is 478. The van der Waals surface area contributed by atoms with Crippen LogP contribution >= 0.6 is 27.3 Å². The Hall–Kier alpha value is -1.08. The summed E-state index contributed by atoms with van der Waals surface area (Å²) < 4.78 is 1.03. The van der Waals surface area contributed by atoms with Gasteiger partial charge >= 0.3 is 12.0 Å². The summed E-state index contributed by atoms with van der Waals surface area (Å²) in [4.78, 5) is 26.3. The molecule has 1 aromatic heterocycles. The third-order valence-electron chi connectivity index (χ3n) is 2.94. The predicted molar refractivity (Wildman–Crippen MR) is 82.9 cm³/mol. The van der Waals surface area contributed by atoms with E-state index in [9.17, 15) is 9.59 Å². The molecular weight excluding hydrogens is 344 g/mol. The summed E-state index contributed by atoms with van der Waals surface area (Å²) in [6.07, 6.45) is 0. The lowest BCUT2D eigenvalue weighted by Crippen LogP contribution is -2.43. The zero-order valence-corrected chi connectivity index (χ0v) is 14.2. The van der Waals surface area contributed by atoms with Crippen LogP contribution in [0.1, 0.15) is 19.4 Å². The molecule has 0 aliphatic rings. The molecule has 0 saturated heterocycles. The van der Waals surface area contributed by atoms with Gasteiger partial charge in [-0.3, -0.25) is 4.79 Å². The van der Waals surface area contributed by atoms with Gasteiger partial charge in [-0.2, -0.15) is 0 Å². The van der Waals surface area contributed by atoms with Crippen LogP contribution in [0, 0.1) is 5.92 Å². The van der Waals surface area contributed by atoms with E-state index in [0.29, 0.717) is 13.1 Å². The number of rotatable bonds is 6. The topological polar surface area (TPSA) is 60.9 Å². The molecule has 7 heteroatoms. The Morgan fingerprint density at radius 2 is 2.15 bits per heavy atom. The summed E-state index contributed by atoms with van der Waals surface area (Å²) in [6, 6.07) is 1.83. The van der Waals surface area contributed by atoms with Gasteiger partial charge in [-0.15, -0.1) is 11.3 Å². The van der Waals surface area contributed by atoms with E-state index in [4.69, 9.17) is 5.11 Å². The number of hydrogen-bond donors (Lipinski definition) is 1. The maximum atomic E-state index is 12.3. The van der Waals surface area contributed by atoms with Gasteiger partial charge in [0.15, 0.2) is 0 Å². The van der Waals surface area contributed by atoms with Gasteiger partial charge < -0.3 is 14.9 Å². The largest absolute Gasteiger partial charge is 0.481 e. The Kier molecular flexibility index (Phi) is 6.48. The number of amides is 2. The van der Waals surface area contributed by atoms with Crippen LogP contribution in [0.2, 0.25) is 0 Å². The Morgan fingerprint density at radius 3 is 2.60 bits per heavy atom. The number of hydrogen-bond acceptors (Lipinski definition) is 3. The second-order valence-electron chi connectivity index (χ2n) is 4.68. The van der Waals surface area contributed by atoms with E-state index >= 15 is 0 Å². The van der Waals surface area contributed by atoms with Gasteiger partial charge in [-0.1, -0.05) is 6.92 Å². The van der Waals surface area contributed by atoms with Crippen molar-refractivity contribution in [1.29, 1.82) is 0 Å². The highest BCUT2D eigenvalue weighted by Gasteiger charge is 2.22. The summed E-state index contributed by atoms with van der Waals surface area (Å²) in [5.74, 6) is -1.46. The average Bonchev–Trinajstić information content (AvgIpc) is 2.79. The molecule has 112 valence electrons. The second-order valence-corrected chi connectivity index (χ2v) is 6.97. The summed E-state index contributed by atoms with van der Waals surface area (Å²) in [7, 11) is 1.72. The predicted octanol–water partition coefficient (Wildman–Crippen LogP) is 3.11. The van der Waals surface area contributed by atoms with Crippen molar-refractivity contribution in [3.05, 3.63) is 20.8 Å². The molecule has 20 heavy (non-hydrogen) atoms. The van der Waals surface area contributed by atoms with E-state index < -0.39 is 11.9 Å². The molecule has 1 aromatic rings. The molecule has 1 rings (SSSR count). The third kappa shape index (κ3) is 4.79. The minimum absolute atomic E-state index is 0.150. The average molecular weight is 363 g/mol. The SMILES string of the molecule is CCN(CC(C)C(=O)O)C(=O)N(C)Cc1csc(Br)c1. The van der Waals surface area contributed by atoms with Crippen LogP contribution in [0.3, 0.4) is 0 Å². The van der Waals surface area contributed by atoms with Crippen molar-refractivity contribution in [3.8, 4) is 0 Å². The summed E-state index contributed by atoms with van der Waals surface area (Å²) in [6.45, 7) is 4.69. The van der Waals surface area contributed by atoms with Crippen LogP contribution < -0.4 is 0 Å². The monoisotopic (exact) mass is 362 g/mol. The van der Waals surface area contributed by atoms with Crippen molar-refractivity contribution < 1.29 is 14.7 Å². The second kappa shape index (κ2) is 7.64. The lowest BCUT2D eigenvalue weighted by Gasteiger charge is -2.28. The van der Waals surface area contributed by atoms with E-state index in [1.54, 1.807) is 35.1 Å². The molecule has 0 aliphatic carbocycles. The molecule has 1 N–H and O–H groups in total. The number of carboxylic acid groups (broad SMARTS) is 1. The molecule has 0 aliphatic heterocycles. The first-order valence-corrected chi connectivity index (χ1v) is 7.98. The molecule has 0 radical (unpaired) electrons. The molecule has 1 heterocycles. The molecule has 1 atom stereocenters. The van der Waals surface area contributed by atoms with Crippen LogP contribution in [-0.2, 0) is 11.3 Å². The molecule has 2 amide bonds. The number of nitrogens with zero attached hydrogens (tertiary/aromatic N) is 2. The Morgan fingerprint density at radius 1 is 1.50 bits per heavy atom. The fourth-order valence-corrected chi connectivity index (χ4v) is 2.96. The van der Waals surface area contributed by atoms with Crippen molar-refractivity contribution in [2.45, 2.75) is 20.4 Å². The molecule has 0 spiro atoms. The summed E-state index contributed by atoms with van der Waals surface area (Å²) in [5, 5.41) is 10.9. The third-order valence-corrected chi connectivity index (χ3v) is 4.49. The zero-order valence-electron chi connectivity index (χ0n) is 11.8. The van der Waals surface area contributed by atoms with Crippen LogP contribution in [0.25, 0.3) is 0 Å². The van der Waals surface area contributed by atoms with Crippen molar-refractivity contribution in [2.75, 3.05) is 20.1 Å². The van der Waals surface area contributed by atoms with Crippen molar-refractivity contribution in [3.63, 3.8) is 0 Å². The molecule has 0 saturated carbocycles. The first-order chi connectivity index (χ1) is 9.35. The molecule has 5 nitrogen and oxygen atoms in total. The number of carbonyl (C=O) groups excluding carboxylic acids is 1. The van der Waals surface area contributed by atoms with Crippen molar-refractivity contribution in [2.24, 2.45) is 5.92 Å². The normalized spacial score (nSPS) is 12.0. The van der Waals surface area contributed by atoms with Crippen molar-refractivity contribution >= 4 is 39.3 Å². The number of carbonyl (C=O) groups is 2. The van der Waals surface area contributed by atoms with Crippen LogP contribution in [0.15, 0.2) is 15.2 Å². The number of aliphatic carboxylic acids is 1. The standard InChI is InChI=1S/C13H19BrN2O3S/c1-4-16(6-9(2)12(17)18)13(19)15(3)7-10-5-11(14)20-8-10/h5,8-9H,4,6-7H2,1-3H3,(H,17,18). The van der Waals surface area contributed by atoms with Crippen LogP contribution in [0.5, 0.6) is 0 Å². The van der Waals surface area contributed by atoms with Gasteiger partial charge in [-0.05, 0) is 39.9 Å². The van der Waals surface area contributed by atoms with Crippen LogP contribution in [0.4, 0.5) is 4.79 Å². The minimum atomic E-state index is -0.888. The molecule has 0 aromatic carbocycles. The maximum absolute atomic E-state index is 12.3. The first kappa shape index (κ1) is 17.0. The molecule has 0 fully saturated rings. The lowest BCUT2D eigenvalue weighted by molar-refractivity contribution is -0.141. The number of urea groups is 1. The Labute approximate surface area is 131 Å². The maximum Gasteiger partial charge on any atom is 0.320 e. The smallest absolute Gasteiger partial charge is 0.320 e. The van der Waals surface area contributed by atoms with Gasteiger partial charge in [0.05, 0.1) is 9.70 Å². The van der Waals surface area contributed by atoms with Crippen LogP contribution in [-0.4, -0.2) is 47.0 Å². The number of carboxylic acids is 1. The summed E-state index contributed by atoms with van der Waals surface area (Å²) in [5.41, 5.74) is 1.06. The highest BCUT2D eigenvalue weighted by Crippen LogP contribution is 2.21. The van der Waals surface area contributed by atoms with Gasteiger partial charge in [-0.25, -0.2) is 4.79 Å². The molecular formula is C13H19BrN2O3S. The highest BCUT2D eigenvalue weighted by atomic mass is 79.9. The van der Waals surface area contributed by atoms with E-state index in [0.717, 1.165) is 9.35 Å². The quantitative estimate of drug-likeness (QED) is 0.845. The van der Waals surface area contributed by atoms with E-state index in [1.165, 1.54) is 0 Å². The highest BCUT2D eigenvalue weighted by molar-refractivity contribution is 9.11. The lowest BCUT2D eigenvalue weighted by atomic mass is 10.2. The van der Waals surface area contributed by atoms with Crippen molar-refractivity contribution in [1.82, 2.24) is 9.80 Å². The van der Waals surface area contributed by atoms with Gasteiger partial charge in [0.1, 0.15) is 0 Å². The van der Waals surface area contributed by atoms with Gasteiger partial charge in [0.25, 0.3) is 0 Å². The fraction of sp³-hybridized carbons (Fsp3) is 0.538. The first-order valence-electron chi connectivity index (χ1n) is 6.30. The van der Waals surface area contributed by atoms with E-state index in [-0.39, 0.29) is 12.6 Å². The molecule has 1 unspecified atom stereocenters.